The zero-order valence-corrected chi connectivity index (χ0v) is 11.7. The van der Waals surface area contributed by atoms with Gasteiger partial charge in [0.1, 0.15) is 5.54 Å². The molecule has 2 rings (SSSR count). The van der Waals surface area contributed by atoms with Crippen molar-refractivity contribution in [3.8, 4) is 0 Å². The Labute approximate surface area is 114 Å². The zero-order chi connectivity index (χ0) is 13.7. The zero-order valence-electron chi connectivity index (χ0n) is 11.7. The number of benzene rings is 1. The lowest BCUT2D eigenvalue weighted by Crippen LogP contribution is -2.47. The number of rotatable bonds is 3. The largest absolute Gasteiger partial charge is 0.467 e. The summed E-state index contributed by atoms with van der Waals surface area (Å²) in [7, 11) is 3.56. The number of anilines is 1. The predicted octanol–water partition coefficient (Wildman–Crippen LogP) is 2.13. The SMILES string of the molecule is COC(=O)C1(Nc2ccccc2)CCCN(C)CC1. The smallest absolute Gasteiger partial charge is 0.331 e. The maximum absolute atomic E-state index is 12.2. The Bertz CT molecular complexity index is 421. The average molecular weight is 262 g/mol. The van der Waals surface area contributed by atoms with Crippen molar-refractivity contribution in [2.24, 2.45) is 0 Å². The van der Waals surface area contributed by atoms with Crippen LogP contribution in [0.5, 0.6) is 0 Å². The van der Waals surface area contributed by atoms with Crippen molar-refractivity contribution in [1.29, 1.82) is 0 Å². The van der Waals surface area contributed by atoms with E-state index in [0.29, 0.717) is 0 Å². The number of carbonyl (C=O) groups is 1. The molecule has 1 heterocycles. The van der Waals surface area contributed by atoms with E-state index in [0.717, 1.165) is 38.0 Å². The molecule has 1 aromatic rings. The van der Waals surface area contributed by atoms with E-state index < -0.39 is 5.54 Å². The number of esters is 1. The summed E-state index contributed by atoms with van der Waals surface area (Å²) >= 11 is 0. The topological polar surface area (TPSA) is 41.6 Å². The lowest BCUT2D eigenvalue weighted by Gasteiger charge is -2.32. The van der Waals surface area contributed by atoms with Crippen LogP contribution in [0, 0.1) is 0 Å². The van der Waals surface area contributed by atoms with Crippen LogP contribution in [0.4, 0.5) is 5.69 Å². The summed E-state index contributed by atoms with van der Waals surface area (Å²) in [5.74, 6) is -0.161. The monoisotopic (exact) mass is 262 g/mol. The minimum absolute atomic E-state index is 0.161. The number of nitrogens with one attached hydrogen (secondary N) is 1. The third-order valence-electron chi connectivity index (χ3n) is 3.80. The van der Waals surface area contributed by atoms with E-state index in [9.17, 15) is 4.79 Å². The van der Waals surface area contributed by atoms with Gasteiger partial charge >= 0.3 is 5.97 Å². The third-order valence-corrected chi connectivity index (χ3v) is 3.80. The highest BCUT2D eigenvalue weighted by Gasteiger charge is 2.40. The van der Waals surface area contributed by atoms with Crippen molar-refractivity contribution in [1.82, 2.24) is 4.90 Å². The van der Waals surface area contributed by atoms with Gasteiger partial charge in [0.05, 0.1) is 7.11 Å². The second-order valence-electron chi connectivity index (χ2n) is 5.22. The number of para-hydroxylation sites is 1. The Morgan fingerprint density at radius 3 is 2.68 bits per heavy atom. The molecule has 19 heavy (non-hydrogen) atoms. The standard InChI is InChI=1S/C15H22N2O2/c1-17-11-6-9-15(10-12-17,14(18)19-2)16-13-7-4-3-5-8-13/h3-5,7-8,16H,6,9-12H2,1-2H3. The van der Waals surface area contributed by atoms with Crippen molar-refractivity contribution in [3.05, 3.63) is 30.3 Å². The maximum Gasteiger partial charge on any atom is 0.331 e. The Morgan fingerprint density at radius 1 is 1.26 bits per heavy atom. The number of likely N-dealkylation sites (tertiary alicyclic amines) is 1. The van der Waals surface area contributed by atoms with Crippen LogP contribution in [-0.4, -0.2) is 43.7 Å². The van der Waals surface area contributed by atoms with Gasteiger partial charge in [-0.25, -0.2) is 4.79 Å². The fourth-order valence-corrected chi connectivity index (χ4v) is 2.64. The molecule has 0 saturated carbocycles. The first-order chi connectivity index (χ1) is 9.16. The molecule has 1 atom stereocenters. The lowest BCUT2D eigenvalue weighted by molar-refractivity contribution is -0.146. The van der Waals surface area contributed by atoms with Gasteiger partial charge in [0.15, 0.2) is 0 Å². The number of methoxy groups -OCH3 is 1. The van der Waals surface area contributed by atoms with Gasteiger partial charge in [-0.2, -0.15) is 0 Å². The van der Waals surface area contributed by atoms with Gasteiger partial charge in [-0.05, 0) is 45.0 Å². The van der Waals surface area contributed by atoms with E-state index in [-0.39, 0.29) is 5.97 Å². The van der Waals surface area contributed by atoms with E-state index >= 15 is 0 Å². The lowest BCUT2D eigenvalue weighted by atomic mass is 9.90. The van der Waals surface area contributed by atoms with E-state index in [1.165, 1.54) is 7.11 Å². The number of hydrogen-bond acceptors (Lipinski definition) is 4. The molecule has 1 fully saturated rings. The van der Waals surface area contributed by atoms with Crippen LogP contribution in [0.3, 0.4) is 0 Å². The van der Waals surface area contributed by atoms with Crippen molar-refractivity contribution < 1.29 is 9.53 Å². The van der Waals surface area contributed by atoms with Crippen LogP contribution in [0.25, 0.3) is 0 Å². The quantitative estimate of drug-likeness (QED) is 0.847. The van der Waals surface area contributed by atoms with Crippen LogP contribution < -0.4 is 5.32 Å². The molecule has 0 aliphatic carbocycles. The molecule has 0 bridgehead atoms. The number of nitrogens with zero attached hydrogens (tertiary/aromatic N) is 1. The van der Waals surface area contributed by atoms with Crippen molar-refractivity contribution >= 4 is 11.7 Å². The highest BCUT2D eigenvalue weighted by Crippen LogP contribution is 2.28. The van der Waals surface area contributed by atoms with Gasteiger partial charge < -0.3 is 15.0 Å². The summed E-state index contributed by atoms with van der Waals surface area (Å²) in [6, 6.07) is 9.88. The first kappa shape index (κ1) is 13.9. The van der Waals surface area contributed by atoms with E-state index in [4.69, 9.17) is 4.74 Å². The summed E-state index contributed by atoms with van der Waals surface area (Å²) in [6.07, 6.45) is 2.56. The first-order valence-electron chi connectivity index (χ1n) is 6.76. The summed E-state index contributed by atoms with van der Waals surface area (Å²) in [4.78, 5) is 14.5. The Balaban J connectivity index is 2.22. The highest BCUT2D eigenvalue weighted by atomic mass is 16.5. The Morgan fingerprint density at radius 2 is 2.00 bits per heavy atom. The number of carbonyl (C=O) groups excluding carboxylic acids is 1. The van der Waals surface area contributed by atoms with E-state index in [1.807, 2.05) is 30.3 Å². The minimum atomic E-state index is -0.596. The average Bonchev–Trinajstić information content (AvgIpc) is 2.62. The molecule has 4 heteroatoms. The maximum atomic E-state index is 12.2. The number of ether oxygens (including phenoxy) is 1. The molecule has 104 valence electrons. The molecule has 0 radical (unpaired) electrons. The molecule has 1 unspecified atom stereocenters. The van der Waals surface area contributed by atoms with Crippen LogP contribution >= 0.6 is 0 Å². The molecule has 0 spiro atoms. The van der Waals surface area contributed by atoms with Crippen molar-refractivity contribution in [3.63, 3.8) is 0 Å². The molecule has 0 aromatic heterocycles. The van der Waals surface area contributed by atoms with E-state index in [1.54, 1.807) is 0 Å². The summed E-state index contributed by atoms with van der Waals surface area (Å²) < 4.78 is 5.04. The van der Waals surface area contributed by atoms with Crippen LogP contribution in [0.15, 0.2) is 30.3 Å². The fourth-order valence-electron chi connectivity index (χ4n) is 2.64. The molecule has 1 aromatic carbocycles. The van der Waals surface area contributed by atoms with Crippen LogP contribution in [-0.2, 0) is 9.53 Å². The molecule has 4 nitrogen and oxygen atoms in total. The molecule has 0 amide bonds. The molecular formula is C15H22N2O2. The summed E-state index contributed by atoms with van der Waals surface area (Å²) in [6.45, 7) is 1.92. The molecule has 1 aliphatic heterocycles. The van der Waals surface area contributed by atoms with Gasteiger partial charge in [-0.3, -0.25) is 0 Å². The molecule has 1 saturated heterocycles. The first-order valence-corrected chi connectivity index (χ1v) is 6.76. The second-order valence-corrected chi connectivity index (χ2v) is 5.22. The molecule has 1 aliphatic rings. The van der Waals surface area contributed by atoms with Crippen LogP contribution in [0.2, 0.25) is 0 Å². The summed E-state index contributed by atoms with van der Waals surface area (Å²) in [5, 5.41) is 3.40. The van der Waals surface area contributed by atoms with Crippen molar-refractivity contribution in [2.45, 2.75) is 24.8 Å². The Kier molecular flexibility index (Phi) is 4.43. The van der Waals surface area contributed by atoms with Crippen molar-refractivity contribution in [2.75, 3.05) is 32.6 Å². The minimum Gasteiger partial charge on any atom is -0.467 e. The second kappa shape index (κ2) is 6.06. The Hall–Kier alpha value is -1.55. The summed E-state index contributed by atoms with van der Waals surface area (Å²) in [5.41, 5.74) is 0.373. The van der Waals surface area contributed by atoms with Gasteiger partial charge in [-0.1, -0.05) is 18.2 Å². The van der Waals surface area contributed by atoms with Gasteiger partial charge in [0, 0.05) is 12.2 Å². The van der Waals surface area contributed by atoms with Gasteiger partial charge in [-0.15, -0.1) is 0 Å². The molecular weight excluding hydrogens is 240 g/mol. The third kappa shape index (κ3) is 3.26. The van der Waals surface area contributed by atoms with Crippen LogP contribution in [0.1, 0.15) is 19.3 Å². The van der Waals surface area contributed by atoms with Gasteiger partial charge in [0.25, 0.3) is 0 Å². The fraction of sp³-hybridized carbons (Fsp3) is 0.533. The normalized spacial score (nSPS) is 24.5. The predicted molar refractivity (Wildman–Crippen MR) is 76.2 cm³/mol. The highest BCUT2D eigenvalue weighted by molar-refractivity contribution is 5.84. The van der Waals surface area contributed by atoms with E-state index in [2.05, 4.69) is 17.3 Å². The van der Waals surface area contributed by atoms with Gasteiger partial charge in [0.2, 0.25) is 0 Å². The molecule has 1 N–H and O–H groups in total. The number of hydrogen-bond donors (Lipinski definition) is 1.